The molecule has 1 heterocycles. The summed E-state index contributed by atoms with van der Waals surface area (Å²) in [6, 6.07) is 0. The molecular formula is C10H18N4O. The molecule has 1 rings (SSSR count). The molecule has 0 radical (unpaired) electrons. The lowest BCUT2D eigenvalue weighted by Gasteiger charge is -2.12. The fourth-order valence-electron chi connectivity index (χ4n) is 1.23. The Labute approximate surface area is 90.3 Å². The molecular weight excluding hydrogens is 192 g/mol. The average Bonchev–Trinajstić information content (AvgIpc) is 2.27. The average molecular weight is 210 g/mol. The Bertz CT molecular complexity index is 303. The third-order valence-corrected chi connectivity index (χ3v) is 1.89. The van der Waals surface area contributed by atoms with Crippen molar-refractivity contribution in [1.29, 1.82) is 0 Å². The van der Waals surface area contributed by atoms with E-state index in [0.717, 1.165) is 31.1 Å². The minimum Gasteiger partial charge on any atom is -0.490 e. The van der Waals surface area contributed by atoms with Gasteiger partial charge in [0.15, 0.2) is 11.6 Å². The summed E-state index contributed by atoms with van der Waals surface area (Å²) in [6.45, 7) is 5.80. The number of anilines is 2. The Morgan fingerprint density at radius 2 is 1.87 bits per heavy atom. The van der Waals surface area contributed by atoms with Gasteiger partial charge >= 0.3 is 0 Å². The van der Waals surface area contributed by atoms with Crippen LogP contribution >= 0.6 is 0 Å². The Balaban J connectivity index is 2.88. The van der Waals surface area contributed by atoms with Crippen LogP contribution in [0.5, 0.6) is 5.75 Å². The van der Waals surface area contributed by atoms with Gasteiger partial charge in [-0.25, -0.2) is 9.97 Å². The second kappa shape index (κ2) is 6.06. The van der Waals surface area contributed by atoms with Crippen molar-refractivity contribution >= 4 is 11.6 Å². The van der Waals surface area contributed by atoms with Crippen LogP contribution in [0.3, 0.4) is 0 Å². The largest absolute Gasteiger partial charge is 0.490 e. The van der Waals surface area contributed by atoms with Gasteiger partial charge in [-0.3, -0.25) is 0 Å². The van der Waals surface area contributed by atoms with Crippen LogP contribution in [-0.4, -0.2) is 30.2 Å². The molecule has 0 aromatic carbocycles. The Morgan fingerprint density at radius 3 is 2.40 bits per heavy atom. The van der Waals surface area contributed by atoms with E-state index in [2.05, 4.69) is 27.5 Å². The maximum Gasteiger partial charge on any atom is 0.204 e. The van der Waals surface area contributed by atoms with Gasteiger partial charge in [-0.05, 0) is 13.3 Å². The van der Waals surface area contributed by atoms with Crippen molar-refractivity contribution in [2.45, 2.75) is 20.3 Å². The first kappa shape index (κ1) is 11.6. The zero-order chi connectivity index (χ0) is 11.1. The highest BCUT2D eigenvalue weighted by atomic mass is 16.5. The molecule has 1 aromatic rings. The predicted octanol–water partition coefficient (Wildman–Crippen LogP) is 1.74. The first-order valence-electron chi connectivity index (χ1n) is 5.20. The van der Waals surface area contributed by atoms with Crippen molar-refractivity contribution in [1.82, 2.24) is 9.97 Å². The molecule has 5 heteroatoms. The lowest BCUT2D eigenvalue weighted by atomic mass is 10.4. The lowest BCUT2D eigenvalue weighted by Crippen LogP contribution is -2.08. The summed E-state index contributed by atoms with van der Waals surface area (Å²) in [5.41, 5.74) is 0. The number of nitrogens with one attached hydrogen (secondary N) is 2. The van der Waals surface area contributed by atoms with Crippen molar-refractivity contribution in [3.8, 4) is 5.75 Å². The van der Waals surface area contributed by atoms with Gasteiger partial charge in [-0.2, -0.15) is 0 Å². The van der Waals surface area contributed by atoms with Gasteiger partial charge < -0.3 is 15.4 Å². The Morgan fingerprint density at radius 1 is 1.20 bits per heavy atom. The van der Waals surface area contributed by atoms with E-state index in [1.165, 1.54) is 6.33 Å². The molecule has 0 aliphatic heterocycles. The van der Waals surface area contributed by atoms with Crippen molar-refractivity contribution in [2.24, 2.45) is 0 Å². The van der Waals surface area contributed by atoms with Crippen LogP contribution in [0.1, 0.15) is 20.3 Å². The minimum absolute atomic E-state index is 0.674. The van der Waals surface area contributed by atoms with Gasteiger partial charge in [0.1, 0.15) is 6.33 Å². The van der Waals surface area contributed by atoms with Crippen LogP contribution in [0, 0.1) is 0 Å². The summed E-state index contributed by atoms with van der Waals surface area (Å²) >= 11 is 0. The molecule has 1 aromatic heterocycles. The monoisotopic (exact) mass is 210 g/mol. The second-order valence-corrected chi connectivity index (χ2v) is 3.06. The van der Waals surface area contributed by atoms with Crippen molar-refractivity contribution < 1.29 is 4.74 Å². The molecule has 0 atom stereocenters. The molecule has 0 saturated heterocycles. The zero-order valence-electron chi connectivity index (χ0n) is 9.50. The van der Waals surface area contributed by atoms with E-state index in [4.69, 9.17) is 4.74 Å². The van der Waals surface area contributed by atoms with Crippen LogP contribution in [0.2, 0.25) is 0 Å². The first-order chi connectivity index (χ1) is 7.33. The number of nitrogens with zero attached hydrogens (tertiary/aromatic N) is 2. The SMILES string of the molecule is CCCNc1ncnc(NCC)c1OC. The predicted molar refractivity (Wildman–Crippen MR) is 61.5 cm³/mol. The van der Waals surface area contributed by atoms with Gasteiger partial charge in [0.05, 0.1) is 7.11 Å². The fourth-order valence-corrected chi connectivity index (χ4v) is 1.23. The molecule has 2 N–H and O–H groups in total. The highest BCUT2D eigenvalue weighted by molar-refractivity contribution is 5.63. The molecule has 15 heavy (non-hydrogen) atoms. The zero-order valence-corrected chi connectivity index (χ0v) is 9.50. The Hall–Kier alpha value is -1.52. The minimum atomic E-state index is 0.674. The molecule has 84 valence electrons. The molecule has 0 aliphatic carbocycles. The van der Waals surface area contributed by atoms with Gasteiger partial charge in [0, 0.05) is 13.1 Å². The van der Waals surface area contributed by atoms with Gasteiger partial charge in [-0.15, -0.1) is 0 Å². The van der Waals surface area contributed by atoms with Gasteiger partial charge in [0.2, 0.25) is 5.75 Å². The highest BCUT2D eigenvalue weighted by Gasteiger charge is 2.10. The summed E-state index contributed by atoms with van der Waals surface area (Å²) in [7, 11) is 1.62. The number of rotatable bonds is 6. The lowest BCUT2D eigenvalue weighted by molar-refractivity contribution is 0.414. The van der Waals surface area contributed by atoms with E-state index in [9.17, 15) is 0 Å². The third-order valence-electron chi connectivity index (χ3n) is 1.89. The van der Waals surface area contributed by atoms with E-state index in [1.807, 2.05) is 6.92 Å². The van der Waals surface area contributed by atoms with Gasteiger partial charge in [-0.1, -0.05) is 6.92 Å². The first-order valence-corrected chi connectivity index (χ1v) is 5.20. The number of ether oxygens (including phenoxy) is 1. The van der Waals surface area contributed by atoms with E-state index >= 15 is 0 Å². The summed E-state index contributed by atoms with van der Waals surface area (Å²) in [6.07, 6.45) is 2.57. The van der Waals surface area contributed by atoms with Crippen LogP contribution in [-0.2, 0) is 0 Å². The molecule has 0 bridgehead atoms. The molecule has 0 fully saturated rings. The van der Waals surface area contributed by atoms with E-state index in [1.54, 1.807) is 7.11 Å². The summed E-state index contributed by atoms with van der Waals surface area (Å²) in [4.78, 5) is 8.26. The smallest absolute Gasteiger partial charge is 0.204 e. The number of aromatic nitrogens is 2. The van der Waals surface area contributed by atoms with E-state index in [-0.39, 0.29) is 0 Å². The van der Waals surface area contributed by atoms with Crippen LogP contribution in [0.25, 0.3) is 0 Å². The van der Waals surface area contributed by atoms with E-state index < -0.39 is 0 Å². The van der Waals surface area contributed by atoms with E-state index in [0.29, 0.717) is 5.75 Å². The number of hydrogen-bond acceptors (Lipinski definition) is 5. The summed E-state index contributed by atoms with van der Waals surface area (Å²) < 4.78 is 5.28. The van der Waals surface area contributed by atoms with Crippen molar-refractivity contribution in [3.05, 3.63) is 6.33 Å². The molecule has 0 unspecified atom stereocenters. The highest BCUT2D eigenvalue weighted by Crippen LogP contribution is 2.28. The number of methoxy groups -OCH3 is 1. The maximum atomic E-state index is 5.28. The van der Waals surface area contributed by atoms with Crippen LogP contribution < -0.4 is 15.4 Å². The van der Waals surface area contributed by atoms with Crippen LogP contribution in [0.15, 0.2) is 6.33 Å². The molecule has 0 amide bonds. The Kier molecular flexibility index (Phi) is 4.66. The van der Waals surface area contributed by atoms with Crippen LogP contribution in [0.4, 0.5) is 11.6 Å². The molecule has 0 aliphatic rings. The normalized spacial score (nSPS) is 9.80. The van der Waals surface area contributed by atoms with Crippen molar-refractivity contribution in [3.63, 3.8) is 0 Å². The maximum absolute atomic E-state index is 5.28. The topological polar surface area (TPSA) is 59.1 Å². The standard InChI is InChI=1S/C10H18N4O/c1-4-6-12-10-8(15-3)9(11-5-2)13-7-14-10/h7H,4-6H2,1-3H3,(H2,11,12,13,14). The molecule has 0 saturated carbocycles. The molecule has 5 nitrogen and oxygen atoms in total. The quantitative estimate of drug-likeness (QED) is 0.749. The third kappa shape index (κ3) is 2.97. The summed E-state index contributed by atoms with van der Waals surface area (Å²) in [5, 5.41) is 6.32. The number of hydrogen-bond donors (Lipinski definition) is 2. The van der Waals surface area contributed by atoms with Gasteiger partial charge in [0.25, 0.3) is 0 Å². The fraction of sp³-hybridized carbons (Fsp3) is 0.600. The summed E-state index contributed by atoms with van der Waals surface area (Å²) in [5.74, 6) is 2.15. The van der Waals surface area contributed by atoms with Crippen molar-refractivity contribution in [2.75, 3.05) is 30.8 Å². The molecule has 0 spiro atoms. The second-order valence-electron chi connectivity index (χ2n) is 3.06.